The van der Waals surface area contributed by atoms with E-state index in [4.69, 9.17) is 16.3 Å². The number of carbonyl (C=O) groups excluding carboxylic acids is 1. The van der Waals surface area contributed by atoms with E-state index in [0.717, 1.165) is 0 Å². The highest BCUT2D eigenvalue weighted by Gasteiger charge is 2.44. The van der Waals surface area contributed by atoms with Gasteiger partial charge in [-0.2, -0.15) is 0 Å². The maximum absolute atomic E-state index is 11.8. The van der Waals surface area contributed by atoms with Crippen LogP contribution < -0.4 is 5.32 Å². The molecular weight excluding hydrogens is 224 g/mol. The van der Waals surface area contributed by atoms with Crippen LogP contribution in [-0.4, -0.2) is 53.8 Å². The summed E-state index contributed by atoms with van der Waals surface area (Å²) in [5.41, 5.74) is -1.32. The van der Waals surface area contributed by atoms with Crippen LogP contribution in [0.3, 0.4) is 0 Å². The third-order valence-corrected chi connectivity index (χ3v) is 2.73. The average Bonchev–Trinajstić information content (AvgIpc) is 2.75. The van der Waals surface area contributed by atoms with Crippen molar-refractivity contribution in [2.45, 2.75) is 18.9 Å². The Bertz CT molecular complexity index is 342. The summed E-state index contributed by atoms with van der Waals surface area (Å²) < 4.78 is 5.04. The molecule has 2 amide bonds. The van der Waals surface area contributed by atoms with Gasteiger partial charge in [-0.3, -0.25) is 0 Å². The molecule has 1 saturated heterocycles. The maximum atomic E-state index is 11.8. The first-order valence-electron chi connectivity index (χ1n) is 5.37. The van der Waals surface area contributed by atoms with E-state index < -0.39 is 17.5 Å². The zero-order valence-electron chi connectivity index (χ0n) is 9.73. The van der Waals surface area contributed by atoms with E-state index >= 15 is 0 Å². The number of terminal acetylenes is 1. The normalized spacial score (nSPS) is 22.8. The molecule has 17 heavy (non-hydrogen) atoms. The number of aliphatic carboxylic acids is 1. The quantitative estimate of drug-likeness (QED) is 0.672. The number of amides is 2. The lowest BCUT2D eigenvalue weighted by Gasteiger charge is -2.27. The molecule has 6 heteroatoms. The predicted octanol–water partition coefficient (Wildman–Crippen LogP) is -0.105. The molecule has 1 fully saturated rings. The fourth-order valence-electron chi connectivity index (χ4n) is 1.61. The predicted molar refractivity (Wildman–Crippen MR) is 60.4 cm³/mol. The van der Waals surface area contributed by atoms with Gasteiger partial charge in [-0.25, -0.2) is 9.59 Å². The molecule has 1 heterocycles. The molecule has 1 atom stereocenters. The number of hydrogen-bond donors (Lipinski definition) is 2. The number of nitrogens with zero attached hydrogens (tertiary/aromatic N) is 1. The lowest BCUT2D eigenvalue weighted by atomic mass is 9.99. The summed E-state index contributed by atoms with van der Waals surface area (Å²) in [6, 6.07) is -0.474. The van der Waals surface area contributed by atoms with Crippen LogP contribution in [0, 0.1) is 12.3 Å². The molecule has 0 aromatic rings. The third-order valence-electron chi connectivity index (χ3n) is 2.73. The first-order chi connectivity index (χ1) is 8.05. The molecule has 2 N–H and O–H groups in total. The van der Waals surface area contributed by atoms with E-state index in [1.54, 1.807) is 6.92 Å². The van der Waals surface area contributed by atoms with E-state index in [-0.39, 0.29) is 19.6 Å². The molecule has 1 rings (SSSR count). The lowest BCUT2D eigenvalue weighted by molar-refractivity contribution is -0.144. The highest BCUT2D eigenvalue weighted by Crippen LogP contribution is 2.19. The minimum absolute atomic E-state index is 0.0122. The monoisotopic (exact) mass is 240 g/mol. The number of carboxylic acids is 1. The molecule has 1 unspecified atom stereocenters. The molecule has 0 saturated carbocycles. The summed E-state index contributed by atoms with van der Waals surface area (Å²) in [6.07, 6.45) is 5.40. The number of hydrogen-bond acceptors (Lipinski definition) is 3. The molecule has 0 aliphatic carbocycles. The van der Waals surface area contributed by atoms with Crippen LogP contribution in [0.4, 0.5) is 4.79 Å². The molecule has 0 bridgehead atoms. The van der Waals surface area contributed by atoms with Crippen LogP contribution in [0.15, 0.2) is 0 Å². The van der Waals surface area contributed by atoms with E-state index in [9.17, 15) is 9.59 Å². The fraction of sp³-hybridized carbons (Fsp3) is 0.636. The lowest BCUT2D eigenvalue weighted by Crippen LogP contribution is -2.58. The summed E-state index contributed by atoms with van der Waals surface area (Å²) in [6.45, 7) is 2.66. The van der Waals surface area contributed by atoms with Crippen LogP contribution in [-0.2, 0) is 9.53 Å². The average molecular weight is 240 g/mol. The van der Waals surface area contributed by atoms with Gasteiger partial charge in [-0.05, 0) is 6.92 Å². The second kappa shape index (κ2) is 5.55. The Balaban J connectivity index is 2.71. The summed E-state index contributed by atoms with van der Waals surface area (Å²) in [5.74, 6) is 1.27. The Kier molecular flexibility index (Phi) is 4.35. The van der Waals surface area contributed by atoms with Crippen LogP contribution in [0.1, 0.15) is 13.3 Å². The molecule has 1 aliphatic rings. The molecule has 1 aliphatic heterocycles. The zero-order chi connectivity index (χ0) is 12.9. The molecule has 0 aromatic carbocycles. The van der Waals surface area contributed by atoms with Crippen molar-refractivity contribution < 1.29 is 19.4 Å². The molecule has 6 nitrogen and oxygen atoms in total. The van der Waals surface area contributed by atoms with Gasteiger partial charge in [0.05, 0.1) is 13.2 Å². The second-order valence-electron chi connectivity index (χ2n) is 3.84. The number of ether oxygens (including phenoxy) is 1. The van der Waals surface area contributed by atoms with Crippen molar-refractivity contribution in [3.05, 3.63) is 0 Å². The van der Waals surface area contributed by atoms with E-state index in [2.05, 4.69) is 11.2 Å². The van der Waals surface area contributed by atoms with Crippen molar-refractivity contribution in [1.82, 2.24) is 10.2 Å². The molecule has 0 aromatic heterocycles. The van der Waals surface area contributed by atoms with Crippen molar-refractivity contribution in [2.24, 2.45) is 0 Å². The Morgan fingerprint density at radius 1 is 1.65 bits per heavy atom. The number of nitrogens with one attached hydrogen (secondary N) is 1. The smallest absolute Gasteiger partial charge is 0.332 e. The molecule has 0 radical (unpaired) electrons. The van der Waals surface area contributed by atoms with Crippen LogP contribution >= 0.6 is 0 Å². The van der Waals surface area contributed by atoms with Gasteiger partial charge in [-0.15, -0.1) is 6.42 Å². The van der Waals surface area contributed by atoms with E-state index in [1.165, 1.54) is 4.90 Å². The molecule has 94 valence electrons. The van der Waals surface area contributed by atoms with Gasteiger partial charge in [0.2, 0.25) is 0 Å². The number of rotatable bonds is 4. The minimum Gasteiger partial charge on any atom is -0.479 e. The standard InChI is InChI=1S/C11H16N2O4/c1-3-6-13(4-2)10(16)12-11(9(14)15)5-7-17-8-11/h1H,4-8H2,2H3,(H,12,16)(H,14,15). The van der Waals surface area contributed by atoms with Gasteiger partial charge in [0.25, 0.3) is 0 Å². The van der Waals surface area contributed by atoms with Gasteiger partial charge < -0.3 is 20.1 Å². The molecular formula is C11H16N2O4. The summed E-state index contributed by atoms with van der Waals surface area (Å²) >= 11 is 0. The SMILES string of the molecule is C#CCN(CC)C(=O)NC1(C(=O)O)CCOC1. The van der Waals surface area contributed by atoms with Gasteiger partial charge in [0.1, 0.15) is 0 Å². The largest absolute Gasteiger partial charge is 0.479 e. The summed E-state index contributed by atoms with van der Waals surface area (Å²) in [4.78, 5) is 24.4. The van der Waals surface area contributed by atoms with Crippen LogP contribution in [0.2, 0.25) is 0 Å². The minimum atomic E-state index is -1.32. The van der Waals surface area contributed by atoms with Crippen molar-refractivity contribution >= 4 is 12.0 Å². The number of carboxylic acid groups (broad SMARTS) is 1. The fourth-order valence-corrected chi connectivity index (χ4v) is 1.61. The van der Waals surface area contributed by atoms with Crippen molar-refractivity contribution in [3.63, 3.8) is 0 Å². The number of urea groups is 1. The van der Waals surface area contributed by atoms with E-state index in [0.29, 0.717) is 13.2 Å². The first kappa shape index (κ1) is 13.3. The van der Waals surface area contributed by atoms with Gasteiger partial charge in [0, 0.05) is 19.6 Å². The summed E-state index contributed by atoms with van der Waals surface area (Å²) in [7, 11) is 0. The highest BCUT2D eigenvalue weighted by atomic mass is 16.5. The van der Waals surface area contributed by atoms with Crippen LogP contribution in [0.5, 0.6) is 0 Å². The Hall–Kier alpha value is -1.74. The Morgan fingerprint density at radius 3 is 2.76 bits per heavy atom. The van der Waals surface area contributed by atoms with Gasteiger partial charge >= 0.3 is 12.0 Å². The Morgan fingerprint density at radius 2 is 2.35 bits per heavy atom. The van der Waals surface area contributed by atoms with Crippen molar-refractivity contribution in [2.75, 3.05) is 26.3 Å². The second-order valence-corrected chi connectivity index (χ2v) is 3.84. The number of carbonyl (C=O) groups is 2. The highest BCUT2D eigenvalue weighted by molar-refractivity contribution is 5.86. The topological polar surface area (TPSA) is 78.9 Å². The third kappa shape index (κ3) is 2.88. The first-order valence-corrected chi connectivity index (χ1v) is 5.37. The van der Waals surface area contributed by atoms with Crippen LogP contribution in [0.25, 0.3) is 0 Å². The van der Waals surface area contributed by atoms with Crippen molar-refractivity contribution in [3.8, 4) is 12.3 Å². The molecule has 0 spiro atoms. The summed E-state index contributed by atoms with van der Waals surface area (Å²) in [5, 5.41) is 11.6. The Labute approximate surface area is 99.9 Å². The maximum Gasteiger partial charge on any atom is 0.332 e. The zero-order valence-corrected chi connectivity index (χ0v) is 9.73. The van der Waals surface area contributed by atoms with Crippen molar-refractivity contribution in [1.29, 1.82) is 0 Å². The van der Waals surface area contributed by atoms with Gasteiger partial charge in [0.15, 0.2) is 5.54 Å². The van der Waals surface area contributed by atoms with E-state index in [1.807, 2.05) is 0 Å². The van der Waals surface area contributed by atoms with Gasteiger partial charge in [-0.1, -0.05) is 5.92 Å².